The zero-order valence-corrected chi connectivity index (χ0v) is 17.4. The van der Waals surface area contributed by atoms with Crippen LogP contribution in [0.2, 0.25) is 0 Å². The fraction of sp³-hybridized carbons (Fsp3) is 0.476. The summed E-state index contributed by atoms with van der Waals surface area (Å²) in [5, 5.41) is 4.20. The number of methoxy groups -OCH3 is 2. The fourth-order valence-corrected chi connectivity index (χ4v) is 4.92. The van der Waals surface area contributed by atoms with E-state index in [1.807, 2.05) is 23.6 Å². The number of rotatable bonds is 6. The second kappa shape index (κ2) is 8.65. The molecule has 3 rings (SSSR count). The molecule has 1 aromatic heterocycles. The number of carbonyl (C=O) groups is 1. The van der Waals surface area contributed by atoms with Crippen molar-refractivity contribution in [3.05, 3.63) is 45.1 Å². The number of benzene rings is 1. The van der Waals surface area contributed by atoms with Crippen molar-refractivity contribution in [2.45, 2.75) is 50.7 Å². The van der Waals surface area contributed by atoms with Crippen LogP contribution in [0, 0.1) is 0 Å². The van der Waals surface area contributed by atoms with Crippen LogP contribution >= 0.6 is 11.3 Å². The Balaban J connectivity index is 2.06. The quantitative estimate of drug-likeness (QED) is 0.718. The highest BCUT2D eigenvalue weighted by Gasteiger charge is 2.42. The molecular formula is C21H24F3NO3S. The van der Waals surface area contributed by atoms with E-state index in [1.165, 1.54) is 12.0 Å². The molecule has 1 aromatic carbocycles. The van der Waals surface area contributed by atoms with Gasteiger partial charge in [-0.2, -0.15) is 13.2 Å². The molecule has 1 amide bonds. The molecule has 0 bridgehead atoms. The van der Waals surface area contributed by atoms with Crippen LogP contribution in [0.4, 0.5) is 13.2 Å². The molecular weight excluding hydrogens is 403 g/mol. The van der Waals surface area contributed by atoms with E-state index >= 15 is 0 Å². The summed E-state index contributed by atoms with van der Waals surface area (Å²) in [6.45, 7) is 2.08. The molecule has 29 heavy (non-hydrogen) atoms. The molecule has 1 unspecified atom stereocenters. The van der Waals surface area contributed by atoms with E-state index in [0.29, 0.717) is 24.3 Å². The number of hydrogen-bond donors (Lipinski definition) is 1. The first-order valence-corrected chi connectivity index (χ1v) is 10.4. The molecule has 0 saturated heterocycles. The maximum absolute atomic E-state index is 12.9. The molecule has 8 heteroatoms. The topological polar surface area (TPSA) is 47.6 Å². The molecule has 2 atom stereocenters. The molecule has 0 aliphatic heterocycles. The number of fused-ring (bicyclic) bond motifs is 1. The van der Waals surface area contributed by atoms with E-state index in [4.69, 9.17) is 9.47 Å². The highest BCUT2D eigenvalue weighted by molar-refractivity contribution is 7.10. The van der Waals surface area contributed by atoms with E-state index in [2.05, 4.69) is 12.2 Å². The average molecular weight is 427 g/mol. The third-order valence-corrected chi connectivity index (χ3v) is 6.23. The molecule has 158 valence electrons. The summed E-state index contributed by atoms with van der Waals surface area (Å²) in [4.78, 5) is 12.9. The SMILES string of the molecule is CCCc1cc(C2c3cc(OC)c(OC)cc3CC[C@H]2NC(=O)C(F)(F)F)cs1. The van der Waals surface area contributed by atoms with E-state index in [0.717, 1.165) is 29.5 Å². The van der Waals surface area contributed by atoms with Gasteiger partial charge in [0.1, 0.15) is 0 Å². The van der Waals surface area contributed by atoms with Crippen LogP contribution in [0.1, 0.15) is 47.3 Å². The van der Waals surface area contributed by atoms with Gasteiger partial charge in [0, 0.05) is 16.8 Å². The Morgan fingerprint density at radius 3 is 2.52 bits per heavy atom. The van der Waals surface area contributed by atoms with E-state index in [9.17, 15) is 18.0 Å². The van der Waals surface area contributed by atoms with Crippen LogP contribution < -0.4 is 14.8 Å². The van der Waals surface area contributed by atoms with Gasteiger partial charge in [-0.15, -0.1) is 11.3 Å². The molecule has 0 fully saturated rings. The Bertz CT molecular complexity index is 879. The highest BCUT2D eigenvalue weighted by Crippen LogP contribution is 2.43. The number of aryl methyl sites for hydroxylation is 2. The minimum atomic E-state index is -4.91. The zero-order chi connectivity index (χ0) is 21.2. The Labute approximate surface area is 172 Å². The van der Waals surface area contributed by atoms with Gasteiger partial charge in [0.05, 0.1) is 14.2 Å². The average Bonchev–Trinajstić information content (AvgIpc) is 3.14. The molecule has 4 nitrogen and oxygen atoms in total. The first kappa shape index (κ1) is 21.5. The lowest BCUT2D eigenvalue weighted by molar-refractivity contribution is -0.174. The van der Waals surface area contributed by atoms with Crippen LogP contribution in [-0.2, 0) is 17.6 Å². The van der Waals surface area contributed by atoms with Crippen molar-refractivity contribution in [3.8, 4) is 11.5 Å². The molecule has 2 aromatic rings. The van der Waals surface area contributed by atoms with E-state index in [1.54, 1.807) is 18.4 Å². The lowest BCUT2D eigenvalue weighted by atomic mass is 9.76. The third kappa shape index (κ3) is 4.52. The summed E-state index contributed by atoms with van der Waals surface area (Å²) < 4.78 is 49.5. The number of carbonyl (C=O) groups excluding carboxylic acids is 1. The number of halogens is 3. The summed E-state index contributed by atoms with van der Waals surface area (Å²) in [5.41, 5.74) is 2.77. The summed E-state index contributed by atoms with van der Waals surface area (Å²) in [6, 6.07) is 5.08. The smallest absolute Gasteiger partial charge is 0.471 e. The van der Waals surface area contributed by atoms with Gasteiger partial charge >= 0.3 is 12.1 Å². The van der Waals surface area contributed by atoms with Gasteiger partial charge < -0.3 is 14.8 Å². The number of nitrogens with one attached hydrogen (secondary N) is 1. The van der Waals surface area contributed by atoms with Crippen molar-refractivity contribution < 1.29 is 27.4 Å². The molecule has 0 saturated carbocycles. The minimum absolute atomic E-state index is 0.383. The lowest BCUT2D eigenvalue weighted by Crippen LogP contribution is -2.47. The predicted octanol–water partition coefficient (Wildman–Crippen LogP) is 4.84. The fourth-order valence-electron chi connectivity index (χ4n) is 3.89. The van der Waals surface area contributed by atoms with Crippen molar-refractivity contribution in [3.63, 3.8) is 0 Å². The number of amides is 1. The monoisotopic (exact) mass is 427 g/mol. The van der Waals surface area contributed by atoms with Crippen molar-refractivity contribution in [2.75, 3.05) is 14.2 Å². The van der Waals surface area contributed by atoms with Crippen LogP contribution in [0.3, 0.4) is 0 Å². The maximum atomic E-state index is 12.9. The standard InChI is InChI=1S/C21H24F3NO3S/c1-4-5-14-8-13(11-29-14)19-15-10-18(28-3)17(27-2)9-12(15)6-7-16(19)25-20(26)21(22,23)24/h8-11,16,19H,4-7H2,1-3H3,(H,25,26)/t16-,19?/m1/s1. The van der Waals surface area contributed by atoms with Gasteiger partial charge in [-0.05, 0) is 59.5 Å². The molecule has 1 heterocycles. The molecule has 1 aliphatic rings. The van der Waals surface area contributed by atoms with Gasteiger partial charge in [-0.3, -0.25) is 4.79 Å². The zero-order valence-electron chi connectivity index (χ0n) is 16.6. The summed E-state index contributed by atoms with van der Waals surface area (Å²) >= 11 is 1.60. The van der Waals surface area contributed by atoms with Gasteiger partial charge in [-0.1, -0.05) is 13.3 Å². The molecule has 0 radical (unpaired) electrons. The highest BCUT2D eigenvalue weighted by atomic mass is 32.1. The predicted molar refractivity (Wildman–Crippen MR) is 106 cm³/mol. The Hall–Kier alpha value is -2.22. The van der Waals surface area contributed by atoms with Crippen molar-refractivity contribution in [1.82, 2.24) is 5.32 Å². The summed E-state index contributed by atoms with van der Waals surface area (Å²) in [6.07, 6.45) is -2.06. The lowest BCUT2D eigenvalue weighted by Gasteiger charge is -2.35. The maximum Gasteiger partial charge on any atom is 0.471 e. The molecule has 1 N–H and O–H groups in total. The van der Waals surface area contributed by atoms with Crippen molar-refractivity contribution in [1.29, 1.82) is 0 Å². The number of hydrogen-bond acceptors (Lipinski definition) is 4. The van der Waals surface area contributed by atoms with Gasteiger partial charge in [0.2, 0.25) is 0 Å². The van der Waals surface area contributed by atoms with Gasteiger partial charge in [0.15, 0.2) is 11.5 Å². The van der Waals surface area contributed by atoms with Crippen LogP contribution in [0.15, 0.2) is 23.6 Å². The first-order valence-electron chi connectivity index (χ1n) is 9.48. The number of thiophene rings is 1. The molecule has 1 aliphatic carbocycles. The van der Waals surface area contributed by atoms with Crippen LogP contribution in [0.25, 0.3) is 0 Å². The second-order valence-electron chi connectivity index (χ2n) is 7.10. The largest absolute Gasteiger partial charge is 0.493 e. The Morgan fingerprint density at radius 2 is 1.90 bits per heavy atom. The van der Waals surface area contributed by atoms with Crippen LogP contribution in [-0.4, -0.2) is 32.3 Å². The summed E-state index contributed by atoms with van der Waals surface area (Å²) in [5.74, 6) is -1.19. The first-order chi connectivity index (χ1) is 13.8. The van der Waals surface area contributed by atoms with E-state index < -0.39 is 18.1 Å². The summed E-state index contributed by atoms with van der Waals surface area (Å²) in [7, 11) is 3.07. The van der Waals surface area contributed by atoms with Crippen molar-refractivity contribution >= 4 is 17.2 Å². The number of alkyl halides is 3. The van der Waals surface area contributed by atoms with E-state index in [-0.39, 0.29) is 5.92 Å². The Morgan fingerprint density at radius 1 is 1.21 bits per heavy atom. The number of ether oxygens (including phenoxy) is 2. The van der Waals surface area contributed by atoms with Crippen LogP contribution in [0.5, 0.6) is 11.5 Å². The minimum Gasteiger partial charge on any atom is -0.493 e. The third-order valence-electron chi connectivity index (χ3n) is 5.21. The van der Waals surface area contributed by atoms with Gasteiger partial charge in [-0.25, -0.2) is 0 Å². The normalized spacial score (nSPS) is 18.8. The van der Waals surface area contributed by atoms with Crippen molar-refractivity contribution in [2.24, 2.45) is 0 Å². The second-order valence-corrected chi connectivity index (χ2v) is 8.09. The molecule has 0 spiro atoms. The van der Waals surface area contributed by atoms with Gasteiger partial charge in [0.25, 0.3) is 0 Å². The Kier molecular flexibility index (Phi) is 6.41.